The van der Waals surface area contributed by atoms with Crippen LogP contribution in [0.25, 0.3) is 0 Å². The molecule has 2 heterocycles. The minimum absolute atomic E-state index is 0.0356. The SMILES string of the molecule is Cc1cc(C(=O)N(Cc2ccc(F)cc2)C[C@H]2CCCO2)nc(C)n1. The van der Waals surface area contributed by atoms with E-state index < -0.39 is 0 Å². The molecule has 0 saturated carbocycles. The van der Waals surface area contributed by atoms with Gasteiger partial charge in [-0.3, -0.25) is 4.79 Å². The molecule has 0 unspecified atom stereocenters. The molecule has 2 aromatic rings. The van der Waals surface area contributed by atoms with E-state index >= 15 is 0 Å². The fraction of sp³-hybridized carbons (Fsp3) is 0.421. The number of rotatable bonds is 5. The number of carbonyl (C=O) groups is 1. The van der Waals surface area contributed by atoms with Crippen LogP contribution in [0, 0.1) is 19.7 Å². The molecule has 1 aliphatic rings. The Kier molecular flexibility index (Phi) is 5.38. The highest BCUT2D eigenvalue weighted by Gasteiger charge is 2.24. The van der Waals surface area contributed by atoms with Gasteiger partial charge in [-0.15, -0.1) is 0 Å². The Morgan fingerprint density at radius 1 is 1.28 bits per heavy atom. The quantitative estimate of drug-likeness (QED) is 0.837. The molecule has 1 saturated heterocycles. The first-order valence-corrected chi connectivity index (χ1v) is 8.49. The highest BCUT2D eigenvalue weighted by atomic mass is 19.1. The number of amides is 1. The lowest BCUT2D eigenvalue weighted by Gasteiger charge is -2.25. The summed E-state index contributed by atoms with van der Waals surface area (Å²) in [5.74, 6) is 0.124. The van der Waals surface area contributed by atoms with Gasteiger partial charge in [0.1, 0.15) is 17.3 Å². The molecule has 0 radical (unpaired) electrons. The smallest absolute Gasteiger partial charge is 0.272 e. The highest BCUT2D eigenvalue weighted by Crippen LogP contribution is 2.17. The lowest BCUT2D eigenvalue weighted by atomic mass is 10.1. The molecule has 1 aromatic heterocycles. The Balaban J connectivity index is 1.83. The van der Waals surface area contributed by atoms with Crippen LogP contribution in [0.1, 0.15) is 40.4 Å². The summed E-state index contributed by atoms with van der Waals surface area (Å²) in [6, 6.07) is 7.90. The van der Waals surface area contributed by atoms with Gasteiger partial charge in [-0.2, -0.15) is 0 Å². The van der Waals surface area contributed by atoms with Crippen molar-refractivity contribution in [3.63, 3.8) is 0 Å². The van der Waals surface area contributed by atoms with Gasteiger partial charge in [0, 0.05) is 25.4 Å². The average molecular weight is 343 g/mol. The molecular weight excluding hydrogens is 321 g/mol. The van der Waals surface area contributed by atoms with E-state index in [0.717, 1.165) is 30.7 Å². The van der Waals surface area contributed by atoms with E-state index in [9.17, 15) is 9.18 Å². The normalized spacial score (nSPS) is 16.8. The molecule has 0 spiro atoms. The van der Waals surface area contributed by atoms with E-state index in [4.69, 9.17) is 4.74 Å². The Bertz CT molecular complexity index is 723. The van der Waals surface area contributed by atoms with E-state index in [0.29, 0.717) is 24.6 Å². The number of ether oxygens (including phenoxy) is 1. The molecule has 0 bridgehead atoms. The number of hydrogen-bond donors (Lipinski definition) is 0. The van der Waals surface area contributed by atoms with Crippen LogP contribution >= 0.6 is 0 Å². The number of carbonyl (C=O) groups excluding carboxylic acids is 1. The zero-order valence-electron chi connectivity index (χ0n) is 14.5. The highest BCUT2D eigenvalue weighted by molar-refractivity contribution is 5.92. The zero-order chi connectivity index (χ0) is 17.8. The number of halogens is 1. The summed E-state index contributed by atoms with van der Waals surface area (Å²) in [4.78, 5) is 23.2. The van der Waals surface area contributed by atoms with E-state index in [2.05, 4.69) is 9.97 Å². The van der Waals surface area contributed by atoms with Gasteiger partial charge in [-0.25, -0.2) is 14.4 Å². The summed E-state index contributed by atoms with van der Waals surface area (Å²) in [6.07, 6.45) is 1.98. The molecule has 3 rings (SSSR count). The van der Waals surface area contributed by atoms with Crippen molar-refractivity contribution in [2.24, 2.45) is 0 Å². The van der Waals surface area contributed by atoms with Crippen LogP contribution in [-0.2, 0) is 11.3 Å². The van der Waals surface area contributed by atoms with Crippen LogP contribution in [0.15, 0.2) is 30.3 Å². The molecule has 6 heteroatoms. The standard InChI is InChI=1S/C19H22FN3O2/c1-13-10-18(22-14(2)21-13)19(24)23(12-17-4-3-9-25-17)11-15-5-7-16(20)8-6-15/h5-8,10,17H,3-4,9,11-12H2,1-2H3/t17-/m1/s1. The monoisotopic (exact) mass is 343 g/mol. The Morgan fingerprint density at radius 2 is 2.04 bits per heavy atom. The molecule has 1 aromatic carbocycles. The zero-order valence-corrected chi connectivity index (χ0v) is 14.5. The molecule has 25 heavy (non-hydrogen) atoms. The summed E-state index contributed by atoms with van der Waals surface area (Å²) in [7, 11) is 0. The van der Waals surface area contributed by atoms with Crippen molar-refractivity contribution in [1.82, 2.24) is 14.9 Å². The summed E-state index contributed by atoms with van der Waals surface area (Å²) in [5, 5.41) is 0. The second-order valence-electron chi connectivity index (χ2n) is 6.39. The van der Waals surface area contributed by atoms with Crippen molar-refractivity contribution < 1.29 is 13.9 Å². The predicted molar refractivity (Wildman–Crippen MR) is 91.6 cm³/mol. The minimum atomic E-state index is -0.289. The topological polar surface area (TPSA) is 55.3 Å². The number of aromatic nitrogens is 2. The van der Waals surface area contributed by atoms with E-state index in [-0.39, 0.29) is 17.8 Å². The first-order valence-electron chi connectivity index (χ1n) is 8.49. The maximum absolute atomic E-state index is 13.1. The summed E-state index contributed by atoms with van der Waals surface area (Å²) in [5.41, 5.74) is 2.01. The van der Waals surface area contributed by atoms with Crippen LogP contribution in [0.5, 0.6) is 0 Å². The van der Waals surface area contributed by atoms with Crippen LogP contribution in [0.2, 0.25) is 0 Å². The third-order valence-electron chi connectivity index (χ3n) is 4.21. The molecular formula is C19H22FN3O2. The molecule has 0 N–H and O–H groups in total. The summed E-state index contributed by atoms with van der Waals surface area (Å²) >= 11 is 0. The van der Waals surface area contributed by atoms with Crippen molar-refractivity contribution in [1.29, 1.82) is 0 Å². The first-order chi connectivity index (χ1) is 12.0. The van der Waals surface area contributed by atoms with Crippen molar-refractivity contribution >= 4 is 5.91 Å². The minimum Gasteiger partial charge on any atom is -0.376 e. The Morgan fingerprint density at radius 3 is 2.68 bits per heavy atom. The number of benzene rings is 1. The Labute approximate surface area is 146 Å². The third-order valence-corrected chi connectivity index (χ3v) is 4.21. The predicted octanol–water partition coefficient (Wildman–Crippen LogP) is 3.05. The van der Waals surface area contributed by atoms with Crippen LogP contribution in [0.4, 0.5) is 4.39 Å². The van der Waals surface area contributed by atoms with Gasteiger partial charge < -0.3 is 9.64 Å². The number of aryl methyl sites for hydroxylation is 2. The van der Waals surface area contributed by atoms with E-state index in [1.54, 1.807) is 30.0 Å². The lowest BCUT2D eigenvalue weighted by Crippen LogP contribution is -2.37. The summed E-state index contributed by atoms with van der Waals surface area (Å²) in [6.45, 7) is 5.23. The van der Waals surface area contributed by atoms with Gasteiger partial charge in [0.15, 0.2) is 0 Å². The molecule has 0 aliphatic carbocycles. The number of hydrogen-bond acceptors (Lipinski definition) is 4. The maximum Gasteiger partial charge on any atom is 0.272 e. The fourth-order valence-corrected chi connectivity index (χ4v) is 3.05. The summed E-state index contributed by atoms with van der Waals surface area (Å²) < 4.78 is 18.8. The molecule has 1 fully saturated rings. The van der Waals surface area contributed by atoms with Gasteiger partial charge in [0.2, 0.25) is 0 Å². The van der Waals surface area contributed by atoms with Crippen molar-refractivity contribution in [2.75, 3.05) is 13.2 Å². The van der Waals surface area contributed by atoms with E-state index in [1.165, 1.54) is 12.1 Å². The molecule has 132 valence electrons. The molecule has 1 aliphatic heterocycles. The van der Waals surface area contributed by atoms with Crippen LogP contribution < -0.4 is 0 Å². The largest absolute Gasteiger partial charge is 0.376 e. The second-order valence-corrected chi connectivity index (χ2v) is 6.39. The average Bonchev–Trinajstić information content (AvgIpc) is 3.08. The van der Waals surface area contributed by atoms with Gasteiger partial charge >= 0.3 is 0 Å². The van der Waals surface area contributed by atoms with Gasteiger partial charge in [-0.1, -0.05) is 12.1 Å². The third kappa shape index (κ3) is 4.60. The van der Waals surface area contributed by atoms with Crippen molar-refractivity contribution in [3.05, 3.63) is 58.9 Å². The molecule has 1 amide bonds. The first kappa shape index (κ1) is 17.5. The molecule has 1 atom stereocenters. The van der Waals surface area contributed by atoms with Gasteiger partial charge in [0.05, 0.1) is 6.10 Å². The Hall–Kier alpha value is -2.34. The van der Waals surface area contributed by atoms with E-state index in [1.807, 2.05) is 6.92 Å². The van der Waals surface area contributed by atoms with Crippen LogP contribution in [0.3, 0.4) is 0 Å². The molecule has 5 nitrogen and oxygen atoms in total. The van der Waals surface area contributed by atoms with Gasteiger partial charge in [-0.05, 0) is 50.5 Å². The van der Waals surface area contributed by atoms with Crippen LogP contribution in [-0.4, -0.2) is 40.0 Å². The second kappa shape index (κ2) is 7.70. The number of nitrogens with zero attached hydrogens (tertiary/aromatic N) is 3. The van der Waals surface area contributed by atoms with Crippen molar-refractivity contribution in [2.45, 2.75) is 39.3 Å². The van der Waals surface area contributed by atoms with Crippen molar-refractivity contribution in [3.8, 4) is 0 Å². The fourth-order valence-electron chi connectivity index (χ4n) is 3.05. The van der Waals surface area contributed by atoms with Gasteiger partial charge in [0.25, 0.3) is 5.91 Å². The lowest BCUT2D eigenvalue weighted by molar-refractivity contribution is 0.0502. The maximum atomic E-state index is 13.1.